The molecular formula is C20H17FN4OS. The number of hydrogen-bond acceptors (Lipinski definition) is 4. The van der Waals surface area contributed by atoms with Crippen LogP contribution in [-0.4, -0.2) is 47.0 Å². The molecule has 1 saturated heterocycles. The smallest absolute Gasteiger partial charge is 0.256 e. The lowest BCUT2D eigenvalue weighted by atomic mass is 10.1. The van der Waals surface area contributed by atoms with Gasteiger partial charge in [-0.25, -0.2) is 9.37 Å². The maximum Gasteiger partial charge on any atom is 0.256 e. The van der Waals surface area contributed by atoms with E-state index in [0.29, 0.717) is 13.1 Å². The predicted molar refractivity (Wildman–Crippen MR) is 106 cm³/mol. The number of hydrogen-bond donors (Lipinski definition) is 1. The van der Waals surface area contributed by atoms with Crippen LogP contribution in [0.4, 0.5) is 9.52 Å². The van der Waals surface area contributed by atoms with Gasteiger partial charge in [0.2, 0.25) is 0 Å². The number of benzene rings is 2. The molecule has 4 aromatic rings. The quantitative estimate of drug-likeness (QED) is 0.574. The second kappa shape index (κ2) is 6.35. The summed E-state index contributed by atoms with van der Waals surface area (Å²) in [6.45, 7) is 2.72. The van der Waals surface area contributed by atoms with Gasteiger partial charge in [0.1, 0.15) is 5.82 Å². The van der Waals surface area contributed by atoms with Crippen LogP contribution in [0.15, 0.2) is 48.7 Å². The Morgan fingerprint density at radius 1 is 1.11 bits per heavy atom. The largest absolute Gasteiger partial charge is 0.360 e. The Hall–Kier alpha value is -2.93. The van der Waals surface area contributed by atoms with Crippen molar-refractivity contribution in [2.75, 3.05) is 31.1 Å². The second-order valence-corrected chi connectivity index (χ2v) is 7.64. The lowest BCUT2D eigenvalue weighted by Gasteiger charge is -2.34. The zero-order chi connectivity index (χ0) is 18.4. The molecule has 0 saturated carbocycles. The number of piperazine rings is 1. The van der Waals surface area contributed by atoms with Gasteiger partial charge < -0.3 is 14.8 Å². The van der Waals surface area contributed by atoms with E-state index in [-0.39, 0.29) is 11.7 Å². The van der Waals surface area contributed by atoms with E-state index in [9.17, 15) is 9.18 Å². The first-order chi connectivity index (χ1) is 13.2. The molecule has 7 heteroatoms. The number of halogens is 1. The van der Waals surface area contributed by atoms with Gasteiger partial charge in [-0.05, 0) is 24.3 Å². The molecule has 0 bridgehead atoms. The molecule has 1 N–H and O–H groups in total. The van der Waals surface area contributed by atoms with Crippen molar-refractivity contribution in [3.05, 3.63) is 60.0 Å². The van der Waals surface area contributed by atoms with Crippen LogP contribution in [0.1, 0.15) is 10.4 Å². The van der Waals surface area contributed by atoms with Crippen molar-refractivity contribution in [3.63, 3.8) is 0 Å². The number of carbonyl (C=O) groups excluding carboxylic acids is 1. The van der Waals surface area contributed by atoms with E-state index >= 15 is 0 Å². The number of nitrogens with one attached hydrogen (secondary N) is 1. The van der Waals surface area contributed by atoms with E-state index in [1.165, 1.54) is 23.5 Å². The fraction of sp³-hybridized carbons (Fsp3) is 0.200. The fourth-order valence-corrected chi connectivity index (χ4v) is 4.58. The highest BCUT2D eigenvalue weighted by atomic mass is 32.1. The van der Waals surface area contributed by atoms with E-state index in [0.717, 1.165) is 44.9 Å². The third kappa shape index (κ3) is 2.84. The molecule has 1 aliphatic heterocycles. The van der Waals surface area contributed by atoms with Crippen molar-refractivity contribution >= 4 is 43.5 Å². The highest BCUT2D eigenvalue weighted by Gasteiger charge is 2.25. The van der Waals surface area contributed by atoms with Crippen molar-refractivity contribution in [2.24, 2.45) is 0 Å². The number of amides is 1. The van der Waals surface area contributed by atoms with Crippen molar-refractivity contribution in [1.82, 2.24) is 14.9 Å². The molecule has 5 nitrogen and oxygen atoms in total. The minimum absolute atomic E-state index is 0.0541. The summed E-state index contributed by atoms with van der Waals surface area (Å²) in [7, 11) is 0. The monoisotopic (exact) mass is 380 g/mol. The molecule has 0 spiro atoms. The molecule has 27 heavy (non-hydrogen) atoms. The molecule has 2 aromatic heterocycles. The summed E-state index contributed by atoms with van der Waals surface area (Å²) < 4.78 is 14.2. The topological polar surface area (TPSA) is 52.2 Å². The summed E-state index contributed by atoms with van der Waals surface area (Å²) in [6.07, 6.45) is 1.79. The minimum atomic E-state index is -0.244. The SMILES string of the molecule is O=C(c1c[nH]c2ccccc12)N1CCN(c2nc3ccc(F)cc3s2)CC1. The van der Waals surface area contributed by atoms with Crippen LogP contribution < -0.4 is 4.90 Å². The number of aromatic nitrogens is 2. The molecule has 0 radical (unpaired) electrons. The third-order valence-electron chi connectivity index (χ3n) is 5.00. The van der Waals surface area contributed by atoms with Crippen LogP contribution in [-0.2, 0) is 0 Å². The zero-order valence-electron chi connectivity index (χ0n) is 14.5. The number of H-pyrrole nitrogens is 1. The van der Waals surface area contributed by atoms with E-state index in [1.54, 1.807) is 12.3 Å². The highest BCUT2D eigenvalue weighted by molar-refractivity contribution is 7.22. The average molecular weight is 380 g/mol. The molecule has 0 aliphatic carbocycles. The molecule has 1 amide bonds. The summed E-state index contributed by atoms with van der Waals surface area (Å²) in [5.41, 5.74) is 2.50. The number of aromatic amines is 1. The van der Waals surface area contributed by atoms with E-state index < -0.39 is 0 Å². The van der Waals surface area contributed by atoms with Crippen LogP contribution >= 0.6 is 11.3 Å². The Morgan fingerprint density at radius 3 is 2.78 bits per heavy atom. The highest BCUT2D eigenvalue weighted by Crippen LogP contribution is 2.30. The average Bonchev–Trinajstić information content (AvgIpc) is 3.31. The minimum Gasteiger partial charge on any atom is -0.360 e. The van der Waals surface area contributed by atoms with Crippen molar-refractivity contribution in [3.8, 4) is 0 Å². The summed E-state index contributed by atoms with van der Waals surface area (Å²) in [6, 6.07) is 12.5. The first kappa shape index (κ1) is 16.3. The van der Waals surface area contributed by atoms with Gasteiger partial charge >= 0.3 is 0 Å². The van der Waals surface area contributed by atoms with Gasteiger partial charge in [-0.2, -0.15) is 0 Å². The van der Waals surface area contributed by atoms with Crippen LogP contribution in [0.2, 0.25) is 0 Å². The first-order valence-corrected chi connectivity index (χ1v) is 9.67. The van der Waals surface area contributed by atoms with E-state index in [2.05, 4.69) is 14.9 Å². The first-order valence-electron chi connectivity index (χ1n) is 8.85. The molecular weight excluding hydrogens is 363 g/mol. The maximum absolute atomic E-state index is 13.4. The number of fused-ring (bicyclic) bond motifs is 2. The summed E-state index contributed by atoms with van der Waals surface area (Å²) in [4.78, 5) is 24.8. The number of nitrogens with zero attached hydrogens (tertiary/aromatic N) is 3. The summed E-state index contributed by atoms with van der Waals surface area (Å²) in [5, 5.41) is 1.84. The molecule has 3 heterocycles. The van der Waals surface area contributed by atoms with Gasteiger partial charge in [-0.1, -0.05) is 29.5 Å². The molecule has 0 atom stereocenters. The number of carbonyl (C=O) groups is 1. The third-order valence-corrected chi connectivity index (χ3v) is 6.08. The van der Waals surface area contributed by atoms with E-state index in [4.69, 9.17) is 0 Å². The Labute approximate surface area is 159 Å². The summed E-state index contributed by atoms with van der Waals surface area (Å²) >= 11 is 1.49. The second-order valence-electron chi connectivity index (χ2n) is 6.64. The maximum atomic E-state index is 13.4. The Morgan fingerprint density at radius 2 is 1.93 bits per heavy atom. The fourth-order valence-electron chi connectivity index (χ4n) is 3.54. The van der Waals surface area contributed by atoms with Crippen LogP contribution in [0.5, 0.6) is 0 Å². The summed E-state index contributed by atoms with van der Waals surface area (Å²) in [5.74, 6) is -0.190. The van der Waals surface area contributed by atoms with Gasteiger partial charge in [0.05, 0.1) is 15.8 Å². The van der Waals surface area contributed by atoms with Gasteiger partial charge in [0.15, 0.2) is 5.13 Å². The number of anilines is 1. The van der Waals surface area contributed by atoms with Gasteiger partial charge in [-0.15, -0.1) is 0 Å². The van der Waals surface area contributed by atoms with Crippen molar-refractivity contribution < 1.29 is 9.18 Å². The number of para-hydroxylation sites is 1. The molecule has 5 rings (SSSR count). The van der Waals surface area contributed by atoms with Gasteiger partial charge in [-0.3, -0.25) is 4.79 Å². The molecule has 136 valence electrons. The normalized spacial score (nSPS) is 15.0. The van der Waals surface area contributed by atoms with Gasteiger partial charge in [0, 0.05) is 43.3 Å². The van der Waals surface area contributed by atoms with Gasteiger partial charge in [0.25, 0.3) is 5.91 Å². The molecule has 0 unspecified atom stereocenters. The lowest BCUT2D eigenvalue weighted by molar-refractivity contribution is 0.0749. The van der Waals surface area contributed by atoms with Crippen molar-refractivity contribution in [2.45, 2.75) is 0 Å². The number of rotatable bonds is 2. The van der Waals surface area contributed by atoms with Crippen LogP contribution in [0, 0.1) is 5.82 Å². The van der Waals surface area contributed by atoms with Crippen LogP contribution in [0.25, 0.3) is 21.1 Å². The molecule has 2 aromatic carbocycles. The standard InChI is InChI=1S/C20H17FN4OS/c21-13-5-6-17-18(11-13)27-20(23-17)25-9-7-24(8-10-25)19(26)15-12-22-16-4-2-1-3-14(15)16/h1-6,11-12,22H,7-10H2. The Kier molecular flexibility index (Phi) is 3.82. The zero-order valence-corrected chi connectivity index (χ0v) is 15.3. The van der Waals surface area contributed by atoms with Crippen molar-refractivity contribution in [1.29, 1.82) is 0 Å². The van der Waals surface area contributed by atoms with E-state index in [1.807, 2.05) is 29.2 Å². The number of thiazole rings is 1. The molecule has 1 fully saturated rings. The van der Waals surface area contributed by atoms with Crippen LogP contribution in [0.3, 0.4) is 0 Å². The lowest BCUT2D eigenvalue weighted by Crippen LogP contribution is -2.48. The predicted octanol–water partition coefficient (Wildman–Crippen LogP) is 3.88. The Bertz CT molecular complexity index is 1140. The Balaban J connectivity index is 1.32. The molecule has 1 aliphatic rings.